The van der Waals surface area contributed by atoms with Gasteiger partial charge in [-0.05, 0) is 25.1 Å². The molecule has 1 aromatic carbocycles. The van der Waals surface area contributed by atoms with Crippen LogP contribution in [-0.2, 0) is 14.3 Å². The summed E-state index contributed by atoms with van der Waals surface area (Å²) in [5, 5.41) is 3.60. The first-order valence-corrected chi connectivity index (χ1v) is 10.4. The standard InChI is InChI=1S/C22H18Cl2N4O4/c1-13-17(21(30)28(25-13)14-6-7-15(23)16(24)12-14)18-19(26-8-4-3-5-9-26)22(31)27(20(18)29)10-11-32-2/h3-9,12H,10-11H2,1-2H3/p+1. The molecule has 1 aliphatic rings. The predicted octanol–water partition coefficient (Wildman–Crippen LogP) is 2.45. The number of carbonyl (C=O) groups excluding carboxylic acids is 2. The van der Waals surface area contributed by atoms with E-state index in [0.717, 1.165) is 4.90 Å². The third-order valence-electron chi connectivity index (χ3n) is 5.12. The highest BCUT2D eigenvalue weighted by atomic mass is 35.5. The molecule has 2 amide bonds. The molecule has 1 N–H and O–H groups in total. The van der Waals surface area contributed by atoms with Gasteiger partial charge in [-0.3, -0.25) is 24.4 Å². The van der Waals surface area contributed by atoms with Gasteiger partial charge in [-0.25, -0.2) is 4.68 Å². The summed E-state index contributed by atoms with van der Waals surface area (Å²) in [7, 11) is 1.48. The van der Waals surface area contributed by atoms with Gasteiger partial charge in [0.1, 0.15) is 5.57 Å². The fourth-order valence-electron chi connectivity index (χ4n) is 3.61. The Bertz CT molecular complexity index is 1310. The maximum absolute atomic E-state index is 13.4. The third kappa shape index (κ3) is 3.66. The number of aromatic nitrogens is 3. The molecule has 8 nitrogen and oxygen atoms in total. The van der Waals surface area contributed by atoms with Crippen molar-refractivity contribution in [2.45, 2.75) is 6.92 Å². The summed E-state index contributed by atoms with van der Waals surface area (Å²) >= 11 is 12.1. The zero-order valence-electron chi connectivity index (χ0n) is 17.3. The monoisotopic (exact) mass is 473 g/mol. The van der Waals surface area contributed by atoms with Gasteiger partial charge in [-0.2, -0.15) is 4.57 Å². The SMILES string of the molecule is COCCN1C(=O)C(c2c(C)[nH]n(-c3ccc(Cl)c(Cl)c3)c2=O)=C([n+]2ccccc2)C1=O. The van der Waals surface area contributed by atoms with Gasteiger partial charge in [0.2, 0.25) is 0 Å². The summed E-state index contributed by atoms with van der Waals surface area (Å²) in [5.41, 5.74) is 0.633. The van der Waals surface area contributed by atoms with Crippen molar-refractivity contribution in [3.63, 3.8) is 0 Å². The molecule has 0 unspecified atom stereocenters. The van der Waals surface area contributed by atoms with Crippen molar-refractivity contribution in [2.24, 2.45) is 0 Å². The first-order chi connectivity index (χ1) is 15.3. The van der Waals surface area contributed by atoms with Crippen LogP contribution < -0.4 is 10.1 Å². The number of H-pyrrole nitrogens is 1. The van der Waals surface area contributed by atoms with Gasteiger partial charge < -0.3 is 4.74 Å². The Morgan fingerprint density at radius 2 is 1.75 bits per heavy atom. The lowest BCUT2D eigenvalue weighted by Crippen LogP contribution is -2.40. The number of pyridine rings is 1. The average Bonchev–Trinajstić information content (AvgIpc) is 3.20. The van der Waals surface area contributed by atoms with Crippen LogP contribution in [0.3, 0.4) is 0 Å². The van der Waals surface area contributed by atoms with Gasteiger partial charge in [0, 0.05) is 24.9 Å². The van der Waals surface area contributed by atoms with Gasteiger partial charge in [0.15, 0.2) is 12.4 Å². The second kappa shape index (κ2) is 8.74. The van der Waals surface area contributed by atoms with E-state index in [1.807, 2.05) is 0 Å². The Balaban J connectivity index is 1.93. The van der Waals surface area contributed by atoms with E-state index in [1.165, 1.54) is 16.4 Å². The minimum absolute atomic E-state index is 0.0277. The number of nitrogens with zero attached hydrogens (tertiary/aromatic N) is 3. The fraction of sp³-hybridized carbons (Fsp3) is 0.182. The Kier molecular flexibility index (Phi) is 6.01. The zero-order chi connectivity index (χ0) is 23.0. The van der Waals surface area contributed by atoms with Crippen LogP contribution in [-0.4, -0.2) is 46.8 Å². The number of halogens is 2. The number of hydrogen-bond donors (Lipinski definition) is 1. The van der Waals surface area contributed by atoms with Crippen LogP contribution in [0.5, 0.6) is 0 Å². The first-order valence-electron chi connectivity index (χ1n) is 9.68. The highest BCUT2D eigenvalue weighted by Gasteiger charge is 2.46. The molecule has 164 valence electrons. The van der Waals surface area contributed by atoms with Gasteiger partial charge in [0.05, 0.1) is 34.4 Å². The Morgan fingerprint density at radius 3 is 2.41 bits per heavy atom. The Hall–Kier alpha value is -3.20. The molecule has 32 heavy (non-hydrogen) atoms. The maximum atomic E-state index is 13.4. The second-order valence-corrected chi connectivity index (χ2v) is 7.93. The summed E-state index contributed by atoms with van der Waals surface area (Å²) in [6, 6.07) is 10.0. The zero-order valence-corrected chi connectivity index (χ0v) is 18.8. The topological polar surface area (TPSA) is 88.3 Å². The lowest BCUT2D eigenvalue weighted by atomic mass is 10.1. The van der Waals surface area contributed by atoms with Crippen molar-refractivity contribution in [3.8, 4) is 5.69 Å². The Labute approximate surface area is 193 Å². The van der Waals surface area contributed by atoms with Gasteiger partial charge in [-0.1, -0.05) is 29.3 Å². The quantitative estimate of drug-likeness (QED) is 0.439. The number of amides is 2. The van der Waals surface area contributed by atoms with E-state index in [-0.39, 0.29) is 35.0 Å². The number of carbonyl (C=O) groups is 2. The largest absolute Gasteiger partial charge is 0.383 e. The minimum atomic E-state index is -0.557. The van der Waals surface area contributed by atoms with Crippen molar-refractivity contribution in [1.29, 1.82) is 0 Å². The molecule has 0 aliphatic carbocycles. The fourth-order valence-corrected chi connectivity index (χ4v) is 3.90. The van der Waals surface area contributed by atoms with E-state index in [4.69, 9.17) is 27.9 Å². The van der Waals surface area contributed by atoms with Crippen molar-refractivity contribution in [2.75, 3.05) is 20.3 Å². The number of imide groups is 1. The average molecular weight is 474 g/mol. The highest BCUT2D eigenvalue weighted by molar-refractivity contribution is 6.44. The van der Waals surface area contributed by atoms with E-state index in [9.17, 15) is 14.4 Å². The summed E-state index contributed by atoms with van der Waals surface area (Å²) in [4.78, 5) is 41.1. The predicted molar refractivity (Wildman–Crippen MR) is 119 cm³/mol. The number of aryl methyl sites for hydroxylation is 1. The van der Waals surface area contributed by atoms with E-state index >= 15 is 0 Å². The van der Waals surface area contributed by atoms with Crippen LogP contribution >= 0.6 is 23.2 Å². The molecular weight excluding hydrogens is 455 g/mol. The summed E-state index contributed by atoms with van der Waals surface area (Å²) < 4.78 is 7.85. The van der Waals surface area contributed by atoms with Gasteiger partial charge in [-0.15, -0.1) is 0 Å². The number of ether oxygens (including phenoxy) is 1. The molecule has 3 heterocycles. The number of nitrogens with one attached hydrogen (secondary N) is 1. The van der Waals surface area contributed by atoms with Crippen molar-refractivity contribution >= 4 is 46.3 Å². The van der Waals surface area contributed by atoms with Crippen molar-refractivity contribution in [1.82, 2.24) is 14.7 Å². The number of aromatic amines is 1. The minimum Gasteiger partial charge on any atom is -0.383 e. The van der Waals surface area contributed by atoms with Crippen molar-refractivity contribution < 1.29 is 18.9 Å². The summed E-state index contributed by atoms with van der Waals surface area (Å²) in [6.45, 7) is 1.91. The molecule has 4 rings (SSSR count). The molecule has 0 bridgehead atoms. The van der Waals surface area contributed by atoms with Crippen LogP contribution in [0.4, 0.5) is 0 Å². The van der Waals surface area contributed by atoms with Gasteiger partial charge in [0.25, 0.3) is 17.2 Å². The van der Waals surface area contributed by atoms with E-state index in [1.54, 1.807) is 55.7 Å². The molecule has 1 aliphatic heterocycles. The van der Waals surface area contributed by atoms with Crippen LogP contribution in [0.2, 0.25) is 10.0 Å². The van der Waals surface area contributed by atoms with Crippen LogP contribution in [0, 0.1) is 6.92 Å². The molecule has 10 heteroatoms. The van der Waals surface area contributed by atoms with E-state index < -0.39 is 17.4 Å². The van der Waals surface area contributed by atoms with E-state index in [2.05, 4.69) is 5.10 Å². The molecule has 0 spiro atoms. The lowest BCUT2D eigenvalue weighted by molar-refractivity contribution is -0.576. The highest BCUT2D eigenvalue weighted by Crippen LogP contribution is 2.30. The maximum Gasteiger partial charge on any atom is 0.326 e. The number of hydrogen-bond acceptors (Lipinski definition) is 4. The van der Waals surface area contributed by atoms with Crippen LogP contribution in [0.1, 0.15) is 11.3 Å². The third-order valence-corrected chi connectivity index (χ3v) is 5.86. The second-order valence-electron chi connectivity index (χ2n) is 7.11. The number of methoxy groups -OCH3 is 1. The van der Waals surface area contributed by atoms with E-state index in [0.29, 0.717) is 16.4 Å². The number of benzene rings is 1. The lowest BCUT2D eigenvalue weighted by Gasteiger charge is -2.12. The number of rotatable bonds is 6. The normalized spacial score (nSPS) is 14.1. The van der Waals surface area contributed by atoms with Crippen LogP contribution in [0.25, 0.3) is 17.0 Å². The van der Waals surface area contributed by atoms with Gasteiger partial charge >= 0.3 is 5.91 Å². The molecule has 2 aromatic heterocycles. The van der Waals surface area contributed by atoms with Crippen molar-refractivity contribution in [3.05, 3.63) is 80.4 Å². The smallest absolute Gasteiger partial charge is 0.326 e. The summed E-state index contributed by atoms with van der Waals surface area (Å²) in [5.74, 6) is -1.06. The molecule has 3 aromatic rings. The molecule has 0 saturated carbocycles. The van der Waals surface area contributed by atoms with Crippen LogP contribution in [0.15, 0.2) is 53.6 Å². The molecule has 0 fully saturated rings. The first kappa shape index (κ1) is 22.0. The molecular formula is C22H19Cl2N4O4+. The molecule has 0 saturated heterocycles. The molecule has 0 atom stereocenters. The molecule has 0 radical (unpaired) electrons. The Morgan fingerprint density at radius 1 is 1.03 bits per heavy atom. The summed E-state index contributed by atoms with van der Waals surface area (Å²) in [6.07, 6.45) is 3.31.